The SMILES string of the molecule is CCNC1(C(=O)OCC)CCCC(OCCC2CCC2)C1. The van der Waals surface area contributed by atoms with Crippen LogP contribution >= 0.6 is 0 Å². The molecule has 2 rings (SSSR count). The number of likely N-dealkylation sites (N-methyl/N-ethyl adjacent to an activating group) is 1. The fourth-order valence-corrected chi connectivity index (χ4v) is 3.58. The largest absolute Gasteiger partial charge is 0.465 e. The van der Waals surface area contributed by atoms with Gasteiger partial charge in [0.25, 0.3) is 0 Å². The van der Waals surface area contributed by atoms with Crippen molar-refractivity contribution in [2.75, 3.05) is 19.8 Å². The highest BCUT2D eigenvalue weighted by Gasteiger charge is 2.43. The summed E-state index contributed by atoms with van der Waals surface area (Å²) in [4.78, 5) is 12.4. The number of carbonyl (C=O) groups excluding carboxylic acids is 1. The van der Waals surface area contributed by atoms with Crippen LogP contribution in [-0.4, -0.2) is 37.4 Å². The van der Waals surface area contributed by atoms with E-state index < -0.39 is 5.54 Å². The molecule has 2 aliphatic rings. The van der Waals surface area contributed by atoms with Crippen molar-refractivity contribution in [2.45, 2.75) is 76.9 Å². The van der Waals surface area contributed by atoms with Gasteiger partial charge in [-0.2, -0.15) is 0 Å². The molecule has 0 bridgehead atoms. The Labute approximate surface area is 129 Å². The molecule has 0 aromatic heterocycles. The number of carbonyl (C=O) groups is 1. The lowest BCUT2D eigenvalue weighted by molar-refractivity contribution is -0.155. The van der Waals surface area contributed by atoms with Crippen LogP contribution in [0.15, 0.2) is 0 Å². The molecule has 2 atom stereocenters. The summed E-state index contributed by atoms with van der Waals surface area (Å²) in [5.41, 5.74) is -0.524. The molecule has 1 N–H and O–H groups in total. The predicted octanol–water partition coefficient (Wildman–Crippen LogP) is 3.05. The van der Waals surface area contributed by atoms with Crippen LogP contribution in [0.5, 0.6) is 0 Å². The van der Waals surface area contributed by atoms with Gasteiger partial charge in [0.15, 0.2) is 0 Å². The molecule has 2 fully saturated rings. The van der Waals surface area contributed by atoms with Gasteiger partial charge in [-0.3, -0.25) is 4.79 Å². The number of ether oxygens (including phenoxy) is 2. The molecule has 0 spiro atoms. The van der Waals surface area contributed by atoms with Gasteiger partial charge in [-0.15, -0.1) is 0 Å². The van der Waals surface area contributed by atoms with E-state index in [0.29, 0.717) is 6.61 Å². The van der Waals surface area contributed by atoms with Crippen LogP contribution < -0.4 is 5.32 Å². The zero-order valence-electron chi connectivity index (χ0n) is 13.7. The van der Waals surface area contributed by atoms with Crippen LogP contribution in [0.3, 0.4) is 0 Å². The third-order valence-electron chi connectivity index (χ3n) is 4.99. The first-order chi connectivity index (χ1) is 10.2. The lowest BCUT2D eigenvalue weighted by Crippen LogP contribution is -2.56. The first-order valence-electron chi connectivity index (χ1n) is 8.74. The van der Waals surface area contributed by atoms with Crippen molar-refractivity contribution < 1.29 is 14.3 Å². The number of hydrogen-bond acceptors (Lipinski definition) is 4. The maximum atomic E-state index is 12.4. The van der Waals surface area contributed by atoms with Gasteiger partial charge < -0.3 is 14.8 Å². The lowest BCUT2D eigenvalue weighted by atomic mass is 9.79. The van der Waals surface area contributed by atoms with Gasteiger partial charge in [0, 0.05) is 13.0 Å². The van der Waals surface area contributed by atoms with Crippen LogP contribution in [0.1, 0.15) is 65.2 Å². The second kappa shape index (κ2) is 8.14. The Balaban J connectivity index is 1.84. The summed E-state index contributed by atoms with van der Waals surface area (Å²) in [5, 5.41) is 3.38. The fourth-order valence-electron chi connectivity index (χ4n) is 3.58. The maximum Gasteiger partial charge on any atom is 0.326 e. The van der Waals surface area contributed by atoms with E-state index in [2.05, 4.69) is 5.32 Å². The molecule has 0 aromatic rings. The van der Waals surface area contributed by atoms with Gasteiger partial charge in [0.1, 0.15) is 5.54 Å². The molecule has 2 unspecified atom stereocenters. The zero-order valence-corrected chi connectivity index (χ0v) is 13.7. The highest BCUT2D eigenvalue weighted by atomic mass is 16.5. The van der Waals surface area contributed by atoms with Crippen molar-refractivity contribution in [2.24, 2.45) is 5.92 Å². The van der Waals surface area contributed by atoms with E-state index in [1.807, 2.05) is 13.8 Å². The fraction of sp³-hybridized carbons (Fsp3) is 0.941. The molecule has 21 heavy (non-hydrogen) atoms. The van der Waals surface area contributed by atoms with Crippen molar-refractivity contribution in [1.82, 2.24) is 5.32 Å². The monoisotopic (exact) mass is 297 g/mol. The molecule has 4 heteroatoms. The molecule has 0 aromatic carbocycles. The maximum absolute atomic E-state index is 12.4. The van der Waals surface area contributed by atoms with Crippen LogP contribution in [0, 0.1) is 5.92 Å². The lowest BCUT2D eigenvalue weighted by Gasteiger charge is -2.39. The summed E-state index contributed by atoms with van der Waals surface area (Å²) in [7, 11) is 0. The Kier molecular flexibility index (Phi) is 6.49. The molecule has 0 radical (unpaired) electrons. The average Bonchev–Trinajstić information content (AvgIpc) is 2.42. The smallest absolute Gasteiger partial charge is 0.326 e. The molecule has 0 saturated heterocycles. The zero-order chi connectivity index (χ0) is 15.1. The van der Waals surface area contributed by atoms with Gasteiger partial charge in [0.05, 0.1) is 12.7 Å². The van der Waals surface area contributed by atoms with E-state index in [1.165, 1.54) is 25.7 Å². The summed E-state index contributed by atoms with van der Waals surface area (Å²) in [6, 6.07) is 0. The van der Waals surface area contributed by atoms with E-state index in [0.717, 1.165) is 44.8 Å². The molecule has 2 saturated carbocycles. The second-order valence-electron chi connectivity index (χ2n) is 6.51. The molecular formula is C17H31NO3. The Morgan fingerprint density at radius 3 is 2.67 bits per heavy atom. The van der Waals surface area contributed by atoms with Crippen LogP contribution in [0.4, 0.5) is 0 Å². The summed E-state index contributed by atoms with van der Waals surface area (Å²) in [6.07, 6.45) is 9.23. The number of rotatable bonds is 8. The molecule has 0 aliphatic heterocycles. The van der Waals surface area contributed by atoms with E-state index in [4.69, 9.17) is 9.47 Å². The van der Waals surface area contributed by atoms with Crippen molar-refractivity contribution in [1.29, 1.82) is 0 Å². The van der Waals surface area contributed by atoms with Gasteiger partial charge in [-0.25, -0.2) is 0 Å². The average molecular weight is 297 g/mol. The van der Waals surface area contributed by atoms with Crippen LogP contribution in [0.2, 0.25) is 0 Å². The quantitative estimate of drug-likeness (QED) is 0.700. The highest BCUT2D eigenvalue weighted by Crippen LogP contribution is 2.33. The third-order valence-corrected chi connectivity index (χ3v) is 4.99. The molecule has 4 nitrogen and oxygen atoms in total. The minimum absolute atomic E-state index is 0.0980. The second-order valence-corrected chi connectivity index (χ2v) is 6.51. The molecule has 0 heterocycles. The van der Waals surface area contributed by atoms with E-state index in [9.17, 15) is 4.79 Å². The van der Waals surface area contributed by atoms with E-state index in [-0.39, 0.29) is 12.1 Å². The van der Waals surface area contributed by atoms with Crippen LogP contribution in [0.25, 0.3) is 0 Å². The normalized spacial score (nSPS) is 29.9. The van der Waals surface area contributed by atoms with Crippen LogP contribution in [-0.2, 0) is 14.3 Å². The standard InChI is InChI=1S/C17H31NO3/c1-3-18-17(16(19)20-4-2)11-6-9-15(13-17)21-12-10-14-7-5-8-14/h14-15,18H,3-13H2,1-2H3. The number of nitrogens with one attached hydrogen (secondary N) is 1. The summed E-state index contributed by atoms with van der Waals surface area (Å²) >= 11 is 0. The summed E-state index contributed by atoms with van der Waals surface area (Å²) in [5.74, 6) is 0.788. The Hall–Kier alpha value is -0.610. The Bertz CT molecular complexity index is 326. The molecule has 0 amide bonds. The van der Waals surface area contributed by atoms with E-state index in [1.54, 1.807) is 0 Å². The van der Waals surface area contributed by atoms with E-state index >= 15 is 0 Å². The number of hydrogen-bond donors (Lipinski definition) is 1. The van der Waals surface area contributed by atoms with Crippen molar-refractivity contribution in [3.8, 4) is 0 Å². The summed E-state index contributed by atoms with van der Waals surface area (Å²) in [6.45, 7) is 5.99. The molecule has 2 aliphatic carbocycles. The third kappa shape index (κ3) is 4.43. The first-order valence-corrected chi connectivity index (χ1v) is 8.74. The van der Waals surface area contributed by atoms with Gasteiger partial charge in [-0.05, 0) is 45.1 Å². The minimum Gasteiger partial charge on any atom is -0.465 e. The molecular weight excluding hydrogens is 266 g/mol. The van der Waals surface area contributed by atoms with Gasteiger partial charge in [0.2, 0.25) is 0 Å². The summed E-state index contributed by atoms with van der Waals surface area (Å²) < 4.78 is 11.4. The number of esters is 1. The van der Waals surface area contributed by atoms with Crippen molar-refractivity contribution >= 4 is 5.97 Å². The predicted molar refractivity (Wildman–Crippen MR) is 83.2 cm³/mol. The Morgan fingerprint density at radius 2 is 2.05 bits per heavy atom. The Morgan fingerprint density at radius 1 is 1.24 bits per heavy atom. The highest BCUT2D eigenvalue weighted by molar-refractivity contribution is 5.81. The molecule has 122 valence electrons. The first kappa shape index (κ1) is 16.8. The minimum atomic E-state index is -0.524. The van der Waals surface area contributed by atoms with Gasteiger partial charge >= 0.3 is 5.97 Å². The van der Waals surface area contributed by atoms with Crippen molar-refractivity contribution in [3.05, 3.63) is 0 Å². The van der Waals surface area contributed by atoms with Crippen molar-refractivity contribution in [3.63, 3.8) is 0 Å². The van der Waals surface area contributed by atoms with Gasteiger partial charge in [-0.1, -0.05) is 26.2 Å². The topological polar surface area (TPSA) is 47.6 Å².